The predicted octanol–water partition coefficient (Wildman–Crippen LogP) is 6.83. The zero-order chi connectivity index (χ0) is 24.2. The molecule has 2 aliphatic rings. The summed E-state index contributed by atoms with van der Waals surface area (Å²) in [6.45, 7) is 8.68. The first kappa shape index (κ1) is 28.0. The molecular formula is C31H40IrNO2-. The summed E-state index contributed by atoms with van der Waals surface area (Å²) in [7, 11) is 0. The van der Waals surface area contributed by atoms with Crippen LogP contribution in [0.2, 0.25) is 0 Å². The summed E-state index contributed by atoms with van der Waals surface area (Å²) >= 11 is 0. The van der Waals surface area contributed by atoms with E-state index in [0.29, 0.717) is 23.7 Å². The molecule has 191 valence electrons. The van der Waals surface area contributed by atoms with Crippen molar-refractivity contribution in [2.75, 3.05) is 0 Å². The van der Waals surface area contributed by atoms with Gasteiger partial charge >= 0.3 is 0 Å². The molecule has 1 radical (unpaired) electrons. The SMILES string of the molecule is CCC(CC)[C@@H]1CC2CC[C@H](C)C(O)C2C1O.Cc1ccc2cnc(-c3[c-]cccc3)cc2c1.[Ir]. The molecule has 0 amide bonds. The maximum absolute atomic E-state index is 10.5. The van der Waals surface area contributed by atoms with Crippen LogP contribution in [0.3, 0.4) is 0 Å². The van der Waals surface area contributed by atoms with Crippen LogP contribution in [0.4, 0.5) is 0 Å². The van der Waals surface area contributed by atoms with Gasteiger partial charge in [0.05, 0.1) is 12.2 Å². The first-order chi connectivity index (χ1) is 16.4. The van der Waals surface area contributed by atoms with Crippen LogP contribution in [0, 0.1) is 42.6 Å². The summed E-state index contributed by atoms with van der Waals surface area (Å²) in [5.74, 6) is 2.16. The number of nitrogens with zero attached hydrogens (tertiary/aromatic N) is 1. The van der Waals surface area contributed by atoms with Gasteiger partial charge < -0.3 is 15.2 Å². The Morgan fingerprint density at radius 2 is 1.77 bits per heavy atom. The van der Waals surface area contributed by atoms with Crippen molar-refractivity contribution in [2.24, 2.45) is 29.6 Å². The minimum Gasteiger partial charge on any atom is -0.392 e. The van der Waals surface area contributed by atoms with Gasteiger partial charge in [-0.2, -0.15) is 0 Å². The summed E-state index contributed by atoms with van der Waals surface area (Å²) in [5, 5.41) is 23.3. The molecule has 35 heavy (non-hydrogen) atoms. The Kier molecular flexibility index (Phi) is 10.1. The van der Waals surface area contributed by atoms with Gasteiger partial charge in [0.2, 0.25) is 0 Å². The number of hydrogen-bond acceptors (Lipinski definition) is 3. The van der Waals surface area contributed by atoms with E-state index in [1.54, 1.807) is 0 Å². The smallest absolute Gasteiger partial charge is 0.0626 e. The fraction of sp³-hybridized carbons (Fsp3) is 0.516. The molecule has 6 atom stereocenters. The van der Waals surface area contributed by atoms with Crippen LogP contribution in [-0.2, 0) is 20.1 Å². The molecule has 3 nitrogen and oxygen atoms in total. The summed E-state index contributed by atoms with van der Waals surface area (Å²) in [6.07, 6.45) is 7.17. The van der Waals surface area contributed by atoms with Crippen molar-refractivity contribution in [3.05, 3.63) is 66.4 Å². The monoisotopic (exact) mass is 651 g/mol. The normalized spacial score (nSPS) is 27.6. The number of aromatic nitrogens is 1. The van der Waals surface area contributed by atoms with Gasteiger partial charge in [-0.25, -0.2) is 0 Å². The van der Waals surface area contributed by atoms with Gasteiger partial charge in [-0.1, -0.05) is 63.4 Å². The van der Waals surface area contributed by atoms with Crippen molar-refractivity contribution in [1.82, 2.24) is 4.98 Å². The van der Waals surface area contributed by atoms with Gasteiger partial charge in [0.25, 0.3) is 0 Å². The second-order valence-electron chi connectivity index (χ2n) is 10.5. The number of hydrogen-bond donors (Lipinski definition) is 2. The van der Waals surface area contributed by atoms with Crippen LogP contribution in [0.5, 0.6) is 0 Å². The van der Waals surface area contributed by atoms with E-state index in [1.807, 2.05) is 30.5 Å². The second-order valence-corrected chi connectivity index (χ2v) is 10.5. The minimum atomic E-state index is -0.275. The molecule has 5 rings (SSSR count). The van der Waals surface area contributed by atoms with Crippen molar-refractivity contribution in [1.29, 1.82) is 0 Å². The van der Waals surface area contributed by atoms with Gasteiger partial charge in [-0.15, -0.1) is 35.9 Å². The number of aliphatic hydroxyl groups is 2. The maximum atomic E-state index is 10.5. The van der Waals surface area contributed by atoms with Gasteiger partial charge in [-0.3, -0.25) is 0 Å². The Balaban J connectivity index is 0.000000190. The molecule has 2 saturated carbocycles. The van der Waals surface area contributed by atoms with Crippen LogP contribution in [0.15, 0.2) is 54.7 Å². The fourth-order valence-corrected chi connectivity index (χ4v) is 6.35. The zero-order valence-corrected chi connectivity index (χ0v) is 23.8. The molecule has 3 aromatic rings. The van der Waals surface area contributed by atoms with Crippen molar-refractivity contribution in [3.8, 4) is 11.3 Å². The third-order valence-electron chi connectivity index (χ3n) is 8.44. The number of aryl methyl sites for hydroxylation is 1. The molecule has 2 fully saturated rings. The molecule has 0 aliphatic heterocycles. The molecule has 4 heteroatoms. The van der Waals surface area contributed by atoms with Crippen LogP contribution >= 0.6 is 0 Å². The molecule has 2 aliphatic carbocycles. The Morgan fingerprint density at radius 1 is 1.00 bits per heavy atom. The maximum Gasteiger partial charge on any atom is 0.0626 e. The van der Waals surface area contributed by atoms with Gasteiger partial charge in [-0.05, 0) is 66.3 Å². The molecule has 1 heterocycles. The first-order valence-corrected chi connectivity index (χ1v) is 13.1. The molecule has 2 N–H and O–H groups in total. The number of benzene rings is 2. The van der Waals surface area contributed by atoms with E-state index in [-0.39, 0.29) is 38.2 Å². The summed E-state index contributed by atoms with van der Waals surface area (Å²) in [4.78, 5) is 4.48. The molecule has 4 unspecified atom stereocenters. The average Bonchev–Trinajstić information content (AvgIpc) is 3.19. The van der Waals surface area contributed by atoms with Gasteiger partial charge in [0.15, 0.2) is 0 Å². The molecule has 0 saturated heterocycles. The molecule has 2 aromatic carbocycles. The number of aliphatic hydroxyl groups excluding tert-OH is 2. The van der Waals surface area contributed by atoms with Gasteiger partial charge in [0.1, 0.15) is 0 Å². The van der Waals surface area contributed by atoms with E-state index in [9.17, 15) is 10.2 Å². The largest absolute Gasteiger partial charge is 0.392 e. The quantitative estimate of drug-likeness (QED) is 0.305. The van der Waals surface area contributed by atoms with E-state index in [2.05, 4.69) is 63.0 Å². The topological polar surface area (TPSA) is 53.4 Å². The Labute approximate surface area is 224 Å². The second kappa shape index (κ2) is 12.6. The third-order valence-corrected chi connectivity index (χ3v) is 8.44. The Morgan fingerprint density at radius 3 is 2.46 bits per heavy atom. The van der Waals surface area contributed by atoms with Gasteiger partial charge in [0, 0.05) is 32.2 Å². The van der Waals surface area contributed by atoms with E-state index in [0.717, 1.165) is 36.9 Å². The molecule has 0 spiro atoms. The standard InChI is InChI=1S/C16H12N.C15H28O2.Ir/c1-12-7-8-14-11-17-16(10-15(14)9-12)13-5-3-2-4-6-13;1-4-10(5-2)12-8-11-7-6-9(3)14(16)13(11)15(12)17;/h2-5,7-11H,1H3;9-17H,4-8H2,1-3H3;/q-1;;/t;9-,11?,12-,13?,14?,15?;/m.0./s1. The predicted molar refractivity (Wildman–Crippen MR) is 140 cm³/mol. The number of fused-ring (bicyclic) bond motifs is 2. The van der Waals surface area contributed by atoms with E-state index < -0.39 is 0 Å². The molecule has 1 aromatic heterocycles. The average molecular weight is 651 g/mol. The van der Waals surface area contributed by atoms with Crippen molar-refractivity contribution >= 4 is 10.8 Å². The molecular weight excluding hydrogens is 611 g/mol. The minimum absolute atomic E-state index is 0. The first-order valence-electron chi connectivity index (χ1n) is 13.1. The molecule has 0 bridgehead atoms. The van der Waals surface area contributed by atoms with Crippen LogP contribution in [0.25, 0.3) is 22.0 Å². The van der Waals surface area contributed by atoms with Crippen molar-refractivity contribution in [3.63, 3.8) is 0 Å². The van der Waals surface area contributed by atoms with Crippen molar-refractivity contribution in [2.45, 2.75) is 72.0 Å². The zero-order valence-electron chi connectivity index (χ0n) is 21.4. The Hall–Kier alpha value is -1.58. The van der Waals surface area contributed by atoms with Crippen LogP contribution in [-0.4, -0.2) is 27.4 Å². The van der Waals surface area contributed by atoms with Crippen molar-refractivity contribution < 1.29 is 30.3 Å². The third kappa shape index (κ3) is 6.23. The number of pyridine rings is 1. The fourth-order valence-electron chi connectivity index (χ4n) is 6.35. The summed E-state index contributed by atoms with van der Waals surface area (Å²) < 4.78 is 0. The van der Waals surface area contributed by atoms with E-state index >= 15 is 0 Å². The Bertz CT molecular complexity index is 1070. The summed E-state index contributed by atoms with van der Waals surface area (Å²) in [6, 6.07) is 19.6. The van der Waals surface area contributed by atoms with E-state index in [1.165, 1.54) is 22.8 Å². The van der Waals surface area contributed by atoms with Crippen LogP contribution in [0.1, 0.15) is 58.4 Å². The number of rotatable bonds is 4. The van der Waals surface area contributed by atoms with E-state index in [4.69, 9.17) is 0 Å². The van der Waals surface area contributed by atoms with Crippen LogP contribution < -0.4 is 0 Å². The summed E-state index contributed by atoms with van der Waals surface area (Å²) in [5.41, 5.74) is 3.28.